The van der Waals surface area contributed by atoms with Crippen LogP contribution in [0.5, 0.6) is 0 Å². The molecule has 1 spiro atoms. The van der Waals surface area contributed by atoms with Crippen LogP contribution in [0, 0.1) is 17.8 Å². The summed E-state index contributed by atoms with van der Waals surface area (Å²) in [5.41, 5.74) is -1.17. The molecule has 20 heavy (non-hydrogen) atoms. The molecule has 7 atom stereocenters. The molecule has 3 unspecified atom stereocenters. The Morgan fingerprint density at radius 1 is 1.05 bits per heavy atom. The molecule has 4 saturated carbocycles. The summed E-state index contributed by atoms with van der Waals surface area (Å²) < 4.78 is 32.7. The molecule has 0 aromatic heterocycles. The van der Waals surface area contributed by atoms with Crippen LogP contribution in [0.4, 0.5) is 4.39 Å². The highest BCUT2D eigenvalue weighted by atomic mass is 19.1. The molecule has 4 heteroatoms. The lowest BCUT2D eigenvalue weighted by Gasteiger charge is -2.69. The van der Waals surface area contributed by atoms with Gasteiger partial charge in [0, 0.05) is 13.2 Å². The molecule has 0 N–H and O–H groups in total. The normalized spacial score (nSPS) is 56.2. The van der Waals surface area contributed by atoms with Crippen molar-refractivity contribution in [1.29, 1.82) is 0 Å². The van der Waals surface area contributed by atoms with Gasteiger partial charge in [-0.05, 0) is 63.7 Å². The van der Waals surface area contributed by atoms with Gasteiger partial charge >= 0.3 is 0 Å². The number of halogens is 1. The van der Waals surface area contributed by atoms with Gasteiger partial charge in [0.2, 0.25) is 0 Å². The third-order valence-electron chi connectivity index (χ3n) is 6.08. The zero-order valence-electron chi connectivity index (χ0n) is 12.4. The average molecular weight is 284 g/mol. The maximum absolute atomic E-state index is 14.8. The van der Waals surface area contributed by atoms with E-state index < -0.39 is 5.67 Å². The van der Waals surface area contributed by atoms with Crippen molar-refractivity contribution in [3.05, 3.63) is 0 Å². The minimum absolute atomic E-state index is 0.00560. The standard InChI is InChI=1S/C16H25FO3/c1-3-18-13-14(19-4-2)20-16(13)11-5-10-6-12(16)9-15(17,7-10)8-11/h10-14H,3-9H2,1-2H3/t10?,11-,12+,13-,14-,15?,16?/m0/s1. The lowest BCUT2D eigenvalue weighted by atomic mass is 9.46. The highest BCUT2D eigenvalue weighted by molar-refractivity contribution is 5.19. The summed E-state index contributed by atoms with van der Waals surface area (Å²) >= 11 is 0. The Kier molecular flexibility index (Phi) is 2.97. The fourth-order valence-corrected chi connectivity index (χ4v) is 5.71. The highest BCUT2D eigenvalue weighted by Gasteiger charge is 2.72. The third-order valence-corrected chi connectivity index (χ3v) is 6.08. The Balaban J connectivity index is 1.61. The number of alkyl halides is 1. The fourth-order valence-electron chi connectivity index (χ4n) is 5.71. The molecule has 0 aromatic carbocycles. The zero-order valence-corrected chi connectivity index (χ0v) is 12.4. The zero-order chi connectivity index (χ0) is 14.0. The van der Waals surface area contributed by atoms with Crippen LogP contribution in [0.25, 0.3) is 0 Å². The van der Waals surface area contributed by atoms with E-state index in [-0.39, 0.29) is 18.0 Å². The van der Waals surface area contributed by atoms with E-state index in [1.807, 2.05) is 13.8 Å². The van der Waals surface area contributed by atoms with E-state index in [9.17, 15) is 4.39 Å². The van der Waals surface area contributed by atoms with Crippen LogP contribution >= 0.6 is 0 Å². The fraction of sp³-hybridized carbons (Fsp3) is 1.00. The van der Waals surface area contributed by atoms with E-state index in [0.29, 0.717) is 43.8 Å². The summed E-state index contributed by atoms with van der Waals surface area (Å²) in [5, 5.41) is 0. The van der Waals surface area contributed by atoms with E-state index in [1.165, 1.54) is 0 Å². The van der Waals surface area contributed by atoms with E-state index in [1.54, 1.807) is 0 Å². The summed E-state index contributed by atoms with van der Waals surface area (Å²) in [4.78, 5) is 0. The van der Waals surface area contributed by atoms with Crippen LogP contribution in [0.2, 0.25) is 0 Å². The molecule has 0 amide bonds. The summed E-state index contributed by atoms with van der Waals surface area (Å²) in [6, 6.07) is 0. The topological polar surface area (TPSA) is 27.7 Å². The first-order chi connectivity index (χ1) is 9.61. The SMILES string of the molecule is CCO[C@H]1OC2([C@@H]3CC4C[C@H]2CC(F)(C4)C3)[C@H]1OCC. The summed E-state index contributed by atoms with van der Waals surface area (Å²) in [6.45, 7) is 5.30. The lowest BCUT2D eigenvalue weighted by molar-refractivity contribution is -0.432. The minimum Gasteiger partial charge on any atom is -0.370 e. The molecule has 1 heterocycles. The van der Waals surface area contributed by atoms with Gasteiger partial charge < -0.3 is 14.2 Å². The van der Waals surface area contributed by atoms with Gasteiger partial charge in [-0.1, -0.05) is 0 Å². The summed E-state index contributed by atoms with van der Waals surface area (Å²) in [7, 11) is 0. The Bertz CT molecular complexity index is 383. The van der Waals surface area contributed by atoms with E-state index in [0.717, 1.165) is 19.3 Å². The monoisotopic (exact) mass is 284 g/mol. The van der Waals surface area contributed by atoms with Crippen LogP contribution in [0.15, 0.2) is 0 Å². The van der Waals surface area contributed by atoms with Gasteiger partial charge in [0.25, 0.3) is 0 Å². The second-order valence-corrected chi connectivity index (χ2v) is 7.17. The van der Waals surface area contributed by atoms with Gasteiger partial charge in [-0.25, -0.2) is 4.39 Å². The predicted molar refractivity (Wildman–Crippen MR) is 72.0 cm³/mol. The van der Waals surface area contributed by atoms with Crippen molar-refractivity contribution in [3.8, 4) is 0 Å². The Morgan fingerprint density at radius 2 is 1.70 bits per heavy atom. The summed E-state index contributed by atoms with van der Waals surface area (Å²) in [6.07, 6.45) is 4.11. The maximum atomic E-state index is 14.8. The number of rotatable bonds is 4. The Hall–Kier alpha value is -0.190. The van der Waals surface area contributed by atoms with E-state index in [4.69, 9.17) is 14.2 Å². The van der Waals surface area contributed by atoms with Gasteiger partial charge in [-0.15, -0.1) is 0 Å². The van der Waals surface area contributed by atoms with Crippen molar-refractivity contribution >= 4 is 0 Å². The Labute approximate surface area is 120 Å². The smallest absolute Gasteiger partial charge is 0.187 e. The highest BCUT2D eigenvalue weighted by Crippen LogP contribution is 2.66. The van der Waals surface area contributed by atoms with Gasteiger partial charge in [-0.3, -0.25) is 0 Å². The van der Waals surface area contributed by atoms with Crippen LogP contribution < -0.4 is 0 Å². The number of hydrogen-bond acceptors (Lipinski definition) is 3. The third kappa shape index (κ3) is 1.62. The molecule has 0 radical (unpaired) electrons. The molecule has 114 valence electrons. The van der Waals surface area contributed by atoms with Crippen molar-refractivity contribution in [2.24, 2.45) is 17.8 Å². The molecule has 5 aliphatic rings. The van der Waals surface area contributed by atoms with Crippen LogP contribution in [-0.4, -0.2) is 36.9 Å². The van der Waals surface area contributed by atoms with Crippen LogP contribution in [0.3, 0.4) is 0 Å². The first-order valence-corrected chi connectivity index (χ1v) is 8.21. The molecule has 5 fully saturated rings. The van der Waals surface area contributed by atoms with Crippen molar-refractivity contribution in [1.82, 2.24) is 0 Å². The van der Waals surface area contributed by atoms with E-state index >= 15 is 0 Å². The van der Waals surface area contributed by atoms with Crippen LogP contribution in [-0.2, 0) is 14.2 Å². The molecule has 1 saturated heterocycles. The van der Waals surface area contributed by atoms with Gasteiger partial charge in [0.1, 0.15) is 17.4 Å². The van der Waals surface area contributed by atoms with Gasteiger partial charge in [0.05, 0.1) is 0 Å². The second kappa shape index (κ2) is 4.40. The second-order valence-electron chi connectivity index (χ2n) is 7.17. The van der Waals surface area contributed by atoms with Gasteiger partial charge in [-0.2, -0.15) is 0 Å². The number of hydrogen-bond donors (Lipinski definition) is 0. The molecule has 3 nitrogen and oxygen atoms in total. The minimum atomic E-state index is -0.918. The Morgan fingerprint density at radius 3 is 2.25 bits per heavy atom. The lowest BCUT2D eigenvalue weighted by Crippen LogP contribution is -2.78. The van der Waals surface area contributed by atoms with Crippen molar-refractivity contribution in [2.75, 3.05) is 13.2 Å². The van der Waals surface area contributed by atoms with Gasteiger partial charge in [0.15, 0.2) is 6.29 Å². The number of ether oxygens (including phenoxy) is 3. The van der Waals surface area contributed by atoms with Crippen molar-refractivity contribution < 1.29 is 18.6 Å². The molecular weight excluding hydrogens is 259 g/mol. The van der Waals surface area contributed by atoms with Crippen LogP contribution in [0.1, 0.15) is 46.0 Å². The molecule has 1 aliphatic heterocycles. The maximum Gasteiger partial charge on any atom is 0.187 e. The first kappa shape index (κ1) is 13.5. The molecule has 4 aliphatic carbocycles. The molecule has 0 aromatic rings. The summed E-state index contributed by atoms with van der Waals surface area (Å²) in [5.74, 6) is 1.22. The van der Waals surface area contributed by atoms with Crippen molar-refractivity contribution in [3.63, 3.8) is 0 Å². The van der Waals surface area contributed by atoms with E-state index in [2.05, 4.69) is 0 Å². The average Bonchev–Trinajstić information content (AvgIpc) is 2.37. The predicted octanol–water partition coefficient (Wildman–Crippen LogP) is 3.07. The van der Waals surface area contributed by atoms with Crippen molar-refractivity contribution in [2.45, 2.75) is 69.6 Å². The molecule has 5 rings (SSSR count). The largest absolute Gasteiger partial charge is 0.370 e. The first-order valence-electron chi connectivity index (χ1n) is 8.21. The molecular formula is C16H25FO3. The molecule has 4 bridgehead atoms. The quantitative estimate of drug-likeness (QED) is 0.794.